The molecule has 0 spiro atoms. The molecule has 6 nitrogen and oxygen atoms in total. The molecule has 1 unspecified atom stereocenters. The average Bonchev–Trinajstić information content (AvgIpc) is 3.22. The lowest BCUT2D eigenvalue weighted by Gasteiger charge is -2.18. The molecule has 6 heteroatoms. The first kappa shape index (κ1) is 56.1. The molecular weight excluding hydrogens is 721 g/mol. The van der Waals surface area contributed by atoms with Crippen LogP contribution in [-0.4, -0.2) is 37.2 Å². The molecule has 0 bridgehead atoms. The van der Waals surface area contributed by atoms with Crippen LogP contribution < -0.4 is 0 Å². The molecule has 0 heterocycles. The minimum atomic E-state index is -0.765. The van der Waals surface area contributed by atoms with E-state index in [0.717, 1.165) is 64.2 Å². The summed E-state index contributed by atoms with van der Waals surface area (Å²) in [6.45, 7) is 6.65. The number of carbonyl (C=O) groups excluding carboxylic acids is 3. The van der Waals surface area contributed by atoms with Crippen molar-refractivity contribution in [1.82, 2.24) is 0 Å². The fraction of sp³-hybridized carbons (Fsp3) is 0.904. The number of allylic oxidation sites excluding steroid dienone is 2. The molecule has 0 aromatic heterocycles. The average molecular weight is 819 g/mol. The van der Waals surface area contributed by atoms with Gasteiger partial charge >= 0.3 is 17.9 Å². The lowest BCUT2D eigenvalue weighted by Crippen LogP contribution is -2.30. The van der Waals surface area contributed by atoms with Crippen LogP contribution in [0.1, 0.15) is 284 Å². The molecule has 0 aromatic carbocycles. The van der Waals surface area contributed by atoms with E-state index in [4.69, 9.17) is 14.2 Å². The highest BCUT2D eigenvalue weighted by atomic mass is 16.6. The zero-order chi connectivity index (χ0) is 42.3. The van der Waals surface area contributed by atoms with Crippen LogP contribution in [0.4, 0.5) is 0 Å². The zero-order valence-corrected chi connectivity index (χ0v) is 39.1. The van der Waals surface area contributed by atoms with Crippen molar-refractivity contribution in [2.75, 3.05) is 13.2 Å². The lowest BCUT2D eigenvalue weighted by molar-refractivity contribution is -0.167. The van der Waals surface area contributed by atoms with Crippen molar-refractivity contribution in [1.29, 1.82) is 0 Å². The van der Waals surface area contributed by atoms with Crippen molar-refractivity contribution in [3.05, 3.63) is 12.2 Å². The molecule has 0 amide bonds. The van der Waals surface area contributed by atoms with E-state index < -0.39 is 6.10 Å². The SMILES string of the molecule is CCCCCCCCC/C=C\CCCCCCCC(=O)OCC(COC(=O)CCCCCCCCCCCC)OC(=O)CCCCCCCCCCCCCCCC. The Hall–Kier alpha value is -1.85. The summed E-state index contributed by atoms with van der Waals surface area (Å²) in [5.74, 6) is -0.862. The Labute approximate surface area is 360 Å². The predicted octanol–water partition coefficient (Wildman–Crippen LogP) is 16.6. The number of hydrogen-bond acceptors (Lipinski definition) is 6. The summed E-state index contributed by atoms with van der Waals surface area (Å²) in [5.41, 5.74) is 0. The summed E-state index contributed by atoms with van der Waals surface area (Å²) >= 11 is 0. The van der Waals surface area contributed by atoms with E-state index in [2.05, 4.69) is 32.9 Å². The van der Waals surface area contributed by atoms with E-state index in [1.807, 2.05) is 0 Å². The van der Waals surface area contributed by atoms with Crippen molar-refractivity contribution in [2.45, 2.75) is 290 Å². The molecule has 0 radical (unpaired) electrons. The predicted molar refractivity (Wildman–Crippen MR) is 247 cm³/mol. The highest BCUT2D eigenvalue weighted by Gasteiger charge is 2.19. The standard InChI is InChI=1S/C52H98O6/c1-4-7-10-13-16-19-22-24-26-27-29-30-33-36-39-42-45-51(54)57-48-49(47-56-50(53)44-41-38-35-32-21-18-15-12-9-6-3)58-52(55)46-43-40-37-34-31-28-25-23-20-17-14-11-8-5-2/h26-27,49H,4-25,28-48H2,1-3H3/b27-26-. The Balaban J connectivity index is 4.31. The van der Waals surface area contributed by atoms with Gasteiger partial charge in [0.25, 0.3) is 0 Å². The second kappa shape index (κ2) is 47.8. The van der Waals surface area contributed by atoms with Crippen molar-refractivity contribution in [3.8, 4) is 0 Å². The molecule has 0 aliphatic heterocycles. The van der Waals surface area contributed by atoms with E-state index >= 15 is 0 Å². The van der Waals surface area contributed by atoms with Crippen LogP contribution in [0.5, 0.6) is 0 Å². The summed E-state index contributed by atoms with van der Waals surface area (Å²) < 4.78 is 16.8. The fourth-order valence-electron chi connectivity index (χ4n) is 7.61. The first-order chi connectivity index (χ1) is 28.5. The van der Waals surface area contributed by atoms with Crippen LogP contribution in [0, 0.1) is 0 Å². The number of hydrogen-bond donors (Lipinski definition) is 0. The molecule has 0 saturated heterocycles. The quantitative estimate of drug-likeness (QED) is 0.0263. The Morgan fingerprint density at radius 3 is 0.862 bits per heavy atom. The Morgan fingerprint density at radius 1 is 0.328 bits per heavy atom. The molecule has 0 rings (SSSR count). The second-order valence-corrected chi connectivity index (χ2v) is 17.4. The van der Waals surface area contributed by atoms with E-state index in [-0.39, 0.29) is 31.1 Å². The molecule has 342 valence electrons. The number of rotatable bonds is 47. The van der Waals surface area contributed by atoms with E-state index in [1.54, 1.807) is 0 Å². The molecule has 0 aliphatic carbocycles. The van der Waals surface area contributed by atoms with Gasteiger partial charge in [-0.15, -0.1) is 0 Å². The third-order valence-electron chi connectivity index (χ3n) is 11.5. The summed E-state index contributed by atoms with van der Waals surface area (Å²) in [4.78, 5) is 37.9. The first-order valence-corrected chi connectivity index (χ1v) is 25.7. The van der Waals surface area contributed by atoms with Gasteiger partial charge in [0, 0.05) is 19.3 Å². The highest BCUT2D eigenvalue weighted by Crippen LogP contribution is 2.16. The van der Waals surface area contributed by atoms with Gasteiger partial charge < -0.3 is 14.2 Å². The smallest absolute Gasteiger partial charge is 0.306 e. The van der Waals surface area contributed by atoms with E-state index in [9.17, 15) is 14.4 Å². The van der Waals surface area contributed by atoms with E-state index in [1.165, 1.54) is 180 Å². The number of esters is 3. The Morgan fingerprint density at radius 2 is 0.569 bits per heavy atom. The maximum absolute atomic E-state index is 12.8. The lowest BCUT2D eigenvalue weighted by atomic mass is 10.0. The summed E-state index contributed by atoms with van der Waals surface area (Å²) in [6, 6.07) is 0. The minimum Gasteiger partial charge on any atom is -0.462 e. The fourth-order valence-corrected chi connectivity index (χ4v) is 7.61. The molecule has 0 aliphatic rings. The molecule has 0 aromatic rings. The molecular formula is C52H98O6. The Bertz CT molecular complexity index is 900. The van der Waals surface area contributed by atoms with Crippen LogP contribution in [0.2, 0.25) is 0 Å². The van der Waals surface area contributed by atoms with Gasteiger partial charge in [-0.05, 0) is 44.9 Å². The van der Waals surface area contributed by atoms with Gasteiger partial charge in [-0.3, -0.25) is 14.4 Å². The maximum atomic E-state index is 12.8. The number of carbonyl (C=O) groups is 3. The second-order valence-electron chi connectivity index (χ2n) is 17.4. The van der Waals surface area contributed by atoms with Crippen LogP contribution in [0.25, 0.3) is 0 Å². The van der Waals surface area contributed by atoms with Gasteiger partial charge in [0.2, 0.25) is 0 Å². The van der Waals surface area contributed by atoms with Crippen LogP contribution in [0.3, 0.4) is 0 Å². The molecule has 1 atom stereocenters. The zero-order valence-electron chi connectivity index (χ0n) is 39.1. The van der Waals surface area contributed by atoms with E-state index in [0.29, 0.717) is 19.3 Å². The summed E-state index contributed by atoms with van der Waals surface area (Å²) in [6.07, 6.45) is 51.9. The third-order valence-corrected chi connectivity index (χ3v) is 11.5. The molecule has 58 heavy (non-hydrogen) atoms. The molecule has 0 N–H and O–H groups in total. The van der Waals surface area contributed by atoms with Gasteiger partial charge in [-0.1, -0.05) is 232 Å². The van der Waals surface area contributed by atoms with Gasteiger partial charge in [0.1, 0.15) is 13.2 Å². The third kappa shape index (κ3) is 45.2. The van der Waals surface area contributed by atoms with Crippen molar-refractivity contribution in [2.24, 2.45) is 0 Å². The largest absolute Gasteiger partial charge is 0.462 e. The molecule has 0 saturated carbocycles. The first-order valence-electron chi connectivity index (χ1n) is 25.7. The van der Waals surface area contributed by atoms with Crippen LogP contribution in [0.15, 0.2) is 12.2 Å². The van der Waals surface area contributed by atoms with Crippen molar-refractivity contribution in [3.63, 3.8) is 0 Å². The van der Waals surface area contributed by atoms with Crippen LogP contribution in [-0.2, 0) is 28.6 Å². The summed E-state index contributed by atoms with van der Waals surface area (Å²) in [7, 11) is 0. The highest BCUT2D eigenvalue weighted by molar-refractivity contribution is 5.71. The van der Waals surface area contributed by atoms with Gasteiger partial charge in [-0.25, -0.2) is 0 Å². The van der Waals surface area contributed by atoms with Crippen molar-refractivity contribution < 1.29 is 28.6 Å². The molecule has 0 fully saturated rings. The Kier molecular flexibility index (Phi) is 46.3. The van der Waals surface area contributed by atoms with Crippen LogP contribution >= 0.6 is 0 Å². The normalized spacial score (nSPS) is 12.0. The summed E-state index contributed by atoms with van der Waals surface area (Å²) in [5, 5.41) is 0. The van der Waals surface area contributed by atoms with Gasteiger partial charge in [-0.2, -0.15) is 0 Å². The van der Waals surface area contributed by atoms with Gasteiger partial charge in [0.15, 0.2) is 6.10 Å². The number of unbranched alkanes of at least 4 members (excludes halogenated alkanes) is 34. The maximum Gasteiger partial charge on any atom is 0.306 e. The topological polar surface area (TPSA) is 78.9 Å². The minimum absolute atomic E-state index is 0.0676. The van der Waals surface area contributed by atoms with Gasteiger partial charge in [0.05, 0.1) is 0 Å². The monoisotopic (exact) mass is 819 g/mol. The van der Waals surface area contributed by atoms with Crippen molar-refractivity contribution >= 4 is 17.9 Å². The number of ether oxygens (including phenoxy) is 3.